The minimum Gasteiger partial charge on any atom is -0.263 e. The zero-order valence-electron chi connectivity index (χ0n) is 5.77. The van der Waals surface area contributed by atoms with Gasteiger partial charge in [0, 0.05) is 18.6 Å². The van der Waals surface area contributed by atoms with Crippen LogP contribution in [0, 0.1) is 0 Å². The first kappa shape index (κ1) is 6.61. The molecule has 2 rings (SSSR count). The van der Waals surface area contributed by atoms with Gasteiger partial charge in [0.2, 0.25) is 0 Å². The van der Waals surface area contributed by atoms with Gasteiger partial charge >= 0.3 is 0 Å². The van der Waals surface area contributed by atoms with Crippen LogP contribution in [0.5, 0.6) is 0 Å². The van der Waals surface area contributed by atoms with Crippen molar-refractivity contribution in [3.8, 4) is 0 Å². The molecule has 1 aromatic heterocycles. The Morgan fingerprint density at radius 2 is 2.36 bits per heavy atom. The Hall–Kier alpha value is -1.09. The minimum atomic E-state index is 0.995. The second-order valence-electron chi connectivity index (χ2n) is 2.07. The van der Waals surface area contributed by atoms with E-state index in [4.69, 9.17) is 0 Å². The number of hydrogen-bond acceptors (Lipinski definition) is 3. The average molecular weight is 162 g/mol. The highest BCUT2D eigenvalue weighted by Gasteiger charge is 1.99. The molecular weight excluding hydrogens is 156 g/mol. The van der Waals surface area contributed by atoms with Crippen molar-refractivity contribution in [1.29, 1.82) is 0 Å². The standard InChI is InChI=1S/C8H6N2S/c1-3-10-7-2-4-9-6-8(7)11-5-1/h1-6H. The molecule has 0 atom stereocenters. The fourth-order valence-corrected chi connectivity index (χ4v) is 1.50. The van der Waals surface area contributed by atoms with Crippen LogP contribution in [0.15, 0.2) is 39.8 Å². The number of aromatic nitrogens is 1. The lowest BCUT2D eigenvalue weighted by Gasteiger charge is -1.96. The van der Waals surface area contributed by atoms with Gasteiger partial charge in [-0.1, -0.05) is 11.8 Å². The Labute approximate surface area is 69.1 Å². The van der Waals surface area contributed by atoms with E-state index in [0.717, 1.165) is 10.6 Å². The van der Waals surface area contributed by atoms with Crippen LogP contribution < -0.4 is 0 Å². The van der Waals surface area contributed by atoms with E-state index in [0.29, 0.717) is 0 Å². The second kappa shape index (κ2) is 2.88. The third-order valence-corrected chi connectivity index (χ3v) is 2.20. The summed E-state index contributed by atoms with van der Waals surface area (Å²) < 4.78 is 0. The van der Waals surface area contributed by atoms with Crippen LogP contribution in [0.4, 0.5) is 5.69 Å². The van der Waals surface area contributed by atoms with E-state index in [1.54, 1.807) is 24.2 Å². The van der Waals surface area contributed by atoms with Crippen molar-refractivity contribution in [3.63, 3.8) is 0 Å². The number of nitrogens with zero attached hydrogens (tertiary/aromatic N) is 2. The van der Waals surface area contributed by atoms with Crippen LogP contribution in [0.3, 0.4) is 0 Å². The van der Waals surface area contributed by atoms with Gasteiger partial charge in [0.05, 0.1) is 10.6 Å². The number of aliphatic imine (C=N–C) groups is 1. The molecule has 0 radical (unpaired) electrons. The summed E-state index contributed by atoms with van der Waals surface area (Å²) in [4.78, 5) is 9.33. The average Bonchev–Trinajstić information content (AvgIpc) is 2.28. The van der Waals surface area contributed by atoms with Gasteiger partial charge in [-0.3, -0.25) is 9.98 Å². The molecule has 0 fully saturated rings. The lowest BCUT2D eigenvalue weighted by atomic mass is 10.4. The fourth-order valence-electron chi connectivity index (χ4n) is 0.841. The zero-order chi connectivity index (χ0) is 7.52. The summed E-state index contributed by atoms with van der Waals surface area (Å²) in [6, 6.07) is 1.91. The molecule has 1 aromatic rings. The molecule has 0 saturated heterocycles. The maximum atomic E-state index is 4.21. The highest BCUT2D eigenvalue weighted by molar-refractivity contribution is 8.02. The number of fused-ring (bicyclic) bond motifs is 1. The van der Waals surface area contributed by atoms with Crippen molar-refractivity contribution in [2.24, 2.45) is 4.99 Å². The topological polar surface area (TPSA) is 25.2 Å². The number of rotatable bonds is 0. The molecule has 0 aliphatic carbocycles. The summed E-state index contributed by atoms with van der Waals surface area (Å²) in [7, 11) is 0. The van der Waals surface area contributed by atoms with Crippen molar-refractivity contribution >= 4 is 23.7 Å². The molecule has 2 heterocycles. The van der Waals surface area contributed by atoms with Gasteiger partial charge in [0.15, 0.2) is 0 Å². The summed E-state index contributed by atoms with van der Waals surface area (Å²) in [5.41, 5.74) is 0.995. The monoisotopic (exact) mass is 162 g/mol. The van der Waals surface area contributed by atoms with Gasteiger partial charge in [-0.25, -0.2) is 0 Å². The summed E-state index contributed by atoms with van der Waals surface area (Å²) in [6.45, 7) is 0. The van der Waals surface area contributed by atoms with Crippen LogP contribution in [0.2, 0.25) is 0 Å². The predicted octanol–water partition coefficient (Wildman–Crippen LogP) is 2.40. The van der Waals surface area contributed by atoms with Crippen LogP contribution >= 0.6 is 11.8 Å². The molecule has 0 spiro atoms. The van der Waals surface area contributed by atoms with E-state index in [1.165, 1.54) is 0 Å². The summed E-state index contributed by atoms with van der Waals surface area (Å²) in [5, 5.41) is 2.00. The van der Waals surface area contributed by atoms with Crippen LogP contribution in [-0.4, -0.2) is 11.2 Å². The summed E-state index contributed by atoms with van der Waals surface area (Å²) >= 11 is 1.64. The molecule has 0 N–H and O–H groups in total. The maximum absolute atomic E-state index is 4.21. The molecule has 1 aliphatic heterocycles. The summed E-state index contributed by atoms with van der Waals surface area (Å²) in [6.07, 6.45) is 7.29. The fraction of sp³-hybridized carbons (Fsp3) is 0. The molecule has 1 aliphatic rings. The minimum absolute atomic E-state index is 0.995. The number of thioether (sulfide) groups is 1. The number of allylic oxidation sites excluding steroid dienone is 1. The third kappa shape index (κ3) is 1.33. The van der Waals surface area contributed by atoms with Crippen molar-refractivity contribution in [3.05, 3.63) is 29.9 Å². The highest BCUT2D eigenvalue weighted by atomic mass is 32.2. The van der Waals surface area contributed by atoms with Crippen molar-refractivity contribution < 1.29 is 0 Å². The number of pyridine rings is 1. The Morgan fingerprint density at radius 3 is 3.36 bits per heavy atom. The second-order valence-corrected chi connectivity index (χ2v) is 3.02. The van der Waals surface area contributed by atoms with E-state index in [1.807, 2.05) is 23.7 Å². The van der Waals surface area contributed by atoms with E-state index >= 15 is 0 Å². The largest absolute Gasteiger partial charge is 0.263 e. The molecule has 0 bridgehead atoms. The Balaban J connectivity index is 2.52. The Morgan fingerprint density at radius 1 is 1.36 bits per heavy atom. The smallest absolute Gasteiger partial charge is 0.0799 e. The van der Waals surface area contributed by atoms with E-state index in [2.05, 4.69) is 9.98 Å². The van der Waals surface area contributed by atoms with Crippen molar-refractivity contribution in [2.45, 2.75) is 4.90 Å². The van der Waals surface area contributed by atoms with Crippen LogP contribution in [0.1, 0.15) is 0 Å². The molecule has 0 saturated carbocycles. The molecule has 2 nitrogen and oxygen atoms in total. The zero-order valence-corrected chi connectivity index (χ0v) is 6.58. The Bertz CT molecular complexity index is 318. The normalized spacial score (nSPS) is 14.2. The van der Waals surface area contributed by atoms with E-state index in [9.17, 15) is 0 Å². The lowest BCUT2D eigenvalue weighted by molar-refractivity contribution is 1.23. The van der Waals surface area contributed by atoms with E-state index < -0.39 is 0 Å². The molecule has 11 heavy (non-hydrogen) atoms. The van der Waals surface area contributed by atoms with Gasteiger partial charge in [-0.2, -0.15) is 0 Å². The first-order valence-electron chi connectivity index (χ1n) is 3.27. The van der Waals surface area contributed by atoms with Gasteiger partial charge in [0.1, 0.15) is 0 Å². The highest BCUT2D eigenvalue weighted by Crippen LogP contribution is 2.30. The van der Waals surface area contributed by atoms with Crippen LogP contribution in [-0.2, 0) is 0 Å². The predicted molar refractivity (Wildman–Crippen MR) is 47.4 cm³/mol. The Kier molecular flexibility index (Phi) is 1.73. The van der Waals surface area contributed by atoms with Crippen molar-refractivity contribution in [1.82, 2.24) is 4.98 Å². The van der Waals surface area contributed by atoms with Crippen LogP contribution in [0.25, 0.3) is 0 Å². The molecule has 0 unspecified atom stereocenters. The molecular formula is C8H6N2S. The third-order valence-electron chi connectivity index (χ3n) is 1.34. The molecule has 0 amide bonds. The van der Waals surface area contributed by atoms with Gasteiger partial charge in [-0.05, 0) is 17.6 Å². The van der Waals surface area contributed by atoms with E-state index in [-0.39, 0.29) is 0 Å². The quantitative estimate of drug-likeness (QED) is 0.585. The molecule has 0 aromatic carbocycles. The molecule has 54 valence electrons. The van der Waals surface area contributed by atoms with Gasteiger partial charge < -0.3 is 0 Å². The molecule has 3 heteroatoms. The first-order valence-corrected chi connectivity index (χ1v) is 4.15. The van der Waals surface area contributed by atoms with Gasteiger partial charge in [-0.15, -0.1) is 0 Å². The summed E-state index contributed by atoms with van der Waals surface area (Å²) in [5.74, 6) is 0. The lowest BCUT2D eigenvalue weighted by Crippen LogP contribution is -1.73. The van der Waals surface area contributed by atoms with Gasteiger partial charge in [0.25, 0.3) is 0 Å². The van der Waals surface area contributed by atoms with Crippen molar-refractivity contribution in [2.75, 3.05) is 0 Å². The SMILES string of the molecule is C1=CSc2cnccc2N=C1. The maximum Gasteiger partial charge on any atom is 0.0799 e. The first-order chi connectivity index (χ1) is 5.47. The number of hydrogen-bond donors (Lipinski definition) is 0.